The summed E-state index contributed by atoms with van der Waals surface area (Å²) >= 11 is 0. The van der Waals surface area contributed by atoms with Crippen molar-refractivity contribution >= 4 is 5.78 Å². The largest absolute Gasteiger partial charge is 0.393 e. The van der Waals surface area contributed by atoms with Crippen LogP contribution in [0.4, 0.5) is 0 Å². The normalized spacial score (nSPS) is 48.4. The minimum absolute atomic E-state index is 0.0170. The molecule has 4 fully saturated rings. The van der Waals surface area contributed by atoms with Crippen molar-refractivity contribution in [1.29, 1.82) is 0 Å². The van der Waals surface area contributed by atoms with Gasteiger partial charge < -0.3 is 10.2 Å². The molecule has 0 bridgehead atoms. The third kappa shape index (κ3) is 3.56. The summed E-state index contributed by atoms with van der Waals surface area (Å²) in [4.78, 5) is 13.4. The van der Waals surface area contributed by atoms with Crippen LogP contribution in [0.3, 0.4) is 0 Å². The molecule has 0 saturated heterocycles. The molecule has 0 spiro atoms. The molecule has 182 valence electrons. The average molecular weight is 445 g/mol. The van der Waals surface area contributed by atoms with Crippen LogP contribution < -0.4 is 0 Å². The summed E-state index contributed by atoms with van der Waals surface area (Å²) in [5.41, 5.74) is -1.40. The van der Waals surface area contributed by atoms with Crippen molar-refractivity contribution in [3.05, 3.63) is 12.2 Å². The molecule has 10 atom stereocenters. The minimum Gasteiger partial charge on any atom is -0.393 e. The Labute approximate surface area is 196 Å². The summed E-state index contributed by atoms with van der Waals surface area (Å²) in [5, 5.41) is 21.8. The Morgan fingerprint density at radius 1 is 1.03 bits per heavy atom. The topological polar surface area (TPSA) is 57.5 Å². The molecule has 0 heterocycles. The zero-order chi connectivity index (χ0) is 23.5. The smallest absolute Gasteiger partial charge is 0.165 e. The first-order chi connectivity index (χ1) is 15.0. The fourth-order valence-electron chi connectivity index (χ4n) is 9.21. The number of Topliss-reactive ketones (excluding diaryl/α,β-unsaturated/α-hetero) is 1. The van der Waals surface area contributed by atoms with Crippen LogP contribution >= 0.6 is 0 Å². The summed E-state index contributed by atoms with van der Waals surface area (Å²) in [5.74, 6) is 4.03. The molecule has 0 aromatic rings. The highest BCUT2D eigenvalue weighted by Gasteiger charge is 2.67. The molecule has 3 heteroatoms. The Bertz CT molecular complexity index is 743. The van der Waals surface area contributed by atoms with Crippen molar-refractivity contribution in [2.45, 2.75) is 111 Å². The van der Waals surface area contributed by atoms with Gasteiger partial charge in [-0.2, -0.15) is 0 Å². The van der Waals surface area contributed by atoms with Crippen LogP contribution in [0.1, 0.15) is 99.3 Å². The van der Waals surface area contributed by atoms with Crippen molar-refractivity contribution in [2.75, 3.05) is 0 Å². The van der Waals surface area contributed by atoms with Gasteiger partial charge in [0.1, 0.15) is 5.60 Å². The van der Waals surface area contributed by atoms with Gasteiger partial charge in [-0.25, -0.2) is 0 Å². The fourth-order valence-corrected chi connectivity index (χ4v) is 9.21. The molecule has 4 rings (SSSR count). The highest BCUT2D eigenvalue weighted by Crippen LogP contribution is 2.68. The first-order valence-corrected chi connectivity index (χ1v) is 13.6. The molecule has 4 unspecified atom stereocenters. The van der Waals surface area contributed by atoms with Crippen LogP contribution in [-0.4, -0.2) is 27.7 Å². The van der Waals surface area contributed by atoms with Crippen LogP contribution in [-0.2, 0) is 4.79 Å². The number of allylic oxidation sites excluding steroid dienone is 2. The van der Waals surface area contributed by atoms with Crippen LogP contribution in [0.2, 0.25) is 0 Å². The van der Waals surface area contributed by atoms with E-state index in [9.17, 15) is 15.0 Å². The number of ketones is 1. The van der Waals surface area contributed by atoms with Crippen molar-refractivity contribution in [3.63, 3.8) is 0 Å². The van der Waals surface area contributed by atoms with Crippen molar-refractivity contribution in [1.82, 2.24) is 0 Å². The number of carbonyl (C=O) groups is 1. The number of carbonyl (C=O) groups excluding carboxylic acids is 1. The Morgan fingerprint density at radius 3 is 2.41 bits per heavy atom. The van der Waals surface area contributed by atoms with E-state index in [2.05, 4.69) is 53.7 Å². The van der Waals surface area contributed by atoms with Crippen LogP contribution in [0.25, 0.3) is 0 Å². The standard InChI is InChI=1S/C29H48O3/c1-7-20(18(2)3)9-8-19(4)23-10-11-24-22-16-26(31)29(32)17-21(30)12-15-28(29,6)25(22)13-14-27(23,24)5/h8-9,18-25,30,32H,7,10-17H2,1-6H3/b9-8+/t19-,20-,21+,22?,23?,24?,25?,27-,28-,29+/m1/s1. The second-order valence-electron chi connectivity index (χ2n) is 13.0. The monoisotopic (exact) mass is 444 g/mol. The second-order valence-corrected chi connectivity index (χ2v) is 13.0. The van der Waals surface area contributed by atoms with Gasteiger partial charge in [-0.05, 0) is 91.8 Å². The number of rotatable bonds is 5. The molecular weight excluding hydrogens is 396 g/mol. The number of hydrogen-bond acceptors (Lipinski definition) is 3. The predicted molar refractivity (Wildman–Crippen MR) is 130 cm³/mol. The lowest BCUT2D eigenvalue weighted by molar-refractivity contribution is -0.213. The quantitative estimate of drug-likeness (QED) is 0.498. The van der Waals surface area contributed by atoms with Crippen LogP contribution in [0.5, 0.6) is 0 Å². The zero-order valence-corrected chi connectivity index (χ0v) is 21.4. The average Bonchev–Trinajstić information content (AvgIpc) is 3.08. The van der Waals surface area contributed by atoms with E-state index >= 15 is 0 Å². The van der Waals surface area contributed by atoms with E-state index in [1.165, 1.54) is 25.7 Å². The number of aliphatic hydroxyl groups is 2. The van der Waals surface area contributed by atoms with Gasteiger partial charge in [0.25, 0.3) is 0 Å². The highest BCUT2D eigenvalue weighted by atomic mass is 16.3. The maximum atomic E-state index is 13.4. The maximum absolute atomic E-state index is 13.4. The summed E-state index contributed by atoms with van der Waals surface area (Å²) in [6.07, 6.45) is 12.7. The number of hydrogen-bond donors (Lipinski definition) is 2. The lowest BCUT2D eigenvalue weighted by Gasteiger charge is -2.63. The van der Waals surface area contributed by atoms with E-state index in [-0.39, 0.29) is 17.6 Å². The second kappa shape index (κ2) is 8.52. The van der Waals surface area contributed by atoms with E-state index in [4.69, 9.17) is 0 Å². The van der Waals surface area contributed by atoms with Gasteiger partial charge in [0.2, 0.25) is 0 Å². The lowest BCUT2D eigenvalue weighted by Crippen LogP contribution is -2.67. The van der Waals surface area contributed by atoms with Crippen molar-refractivity contribution in [3.8, 4) is 0 Å². The Balaban J connectivity index is 1.56. The minimum atomic E-state index is -1.32. The highest BCUT2D eigenvalue weighted by molar-refractivity contribution is 5.89. The molecule has 0 radical (unpaired) electrons. The molecule has 3 nitrogen and oxygen atoms in total. The first-order valence-electron chi connectivity index (χ1n) is 13.6. The zero-order valence-electron chi connectivity index (χ0n) is 21.4. The molecule has 0 aromatic carbocycles. The van der Waals surface area contributed by atoms with Crippen molar-refractivity contribution < 1.29 is 15.0 Å². The molecule has 4 aliphatic rings. The maximum Gasteiger partial charge on any atom is 0.165 e. The molecule has 0 aromatic heterocycles. The van der Waals surface area contributed by atoms with Gasteiger partial charge in [-0.15, -0.1) is 0 Å². The van der Waals surface area contributed by atoms with Gasteiger partial charge in [-0.1, -0.05) is 53.7 Å². The van der Waals surface area contributed by atoms with Crippen molar-refractivity contribution in [2.24, 2.45) is 52.3 Å². The van der Waals surface area contributed by atoms with E-state index in [0.717, 1.165) is 19.3 Å². The van der Waals surface area contributed by atoms with Gasteiger partial charge >= 0.3 is 0 Å². The van der Waals surface area contributed by atoms with Gasteiger partial charge in [0.15, 0.2) is 5.78 Å². The number of aliphatic hydroxyl groups excluding tert-OH is 1. The summed E-state index contributed by atoms with van der Waals surface area (Å²) < 4.78 is 0. The number of fused-ring (bicyclic) bond motifs is 5. The Morgan fingerprint density at radius 2 is 1.75 bits per heavy atom. The molecule has 0 aliphatic heterocycles. The molecule has 2 N–H and O–H groups in total. The predicted octanol–water partition coefficient (Wildman–Crippen LogP) is 6.17. The van der Waals surface area contributed by atoms with Gasteiger partial charge in [0.05, 0.1) is 6.10 Å². The molecular formula is C29H48O3. The van der Waals surface area contributed by atoms with E-state index in [1.54, 1.807) is 0 Å². The van der Waals surface area contributed by atoms with E-state index in [1.807, 2.05) is 0 Å². The van der Waals surface area contributed by atoms with Crippen LogP contribution in [0, 0.1) is 52.3 Å². The van der Waals surface area contributed by atoms with Gasteiger partial charge in [0, 0.05) is 18.3 Å². The first kappa shape index (κ1) is 24.5. The SMILES string of the molecule is CC[C@H](/C=C/[C@@H](C)C1CCC2C3CC(=O)[C@@]4(O)C[C@@H](O)CC[C@]4(C)C3CC[C@@]21C)C(C)C. The third-order valence-electron chi connectivity index (χ3n) is 11.3. The van der Waals surface area contributed by atoms with Crippen LogP contribution in [0.15, 0.2) is 12.2 Å². The summed E-state index contributed by atoms with van der Waals surface area (Å²) in [6.45, 7) is 14.0. The Kier molecular flexibility index (Phi) is 6.51. The molecule has 4 saturated carbocycles. The third-order valence-corrected chi connectivity index (χ3v) is 11.3. The Hall–Kier alpha value is -0.670. The molecule has 0 amide bonds. The fraction of sp³-hybridized carbons (Fsp3) is 0.897. The van der Waals surface area contributed by atoms with E-state index in [0.29, 0.717) is 53.3 Å². The van der Waals surface area contributed by atoms with E-state index < -0.39 is 11.7 Å². The van der Waals surface area contributed by atoms with Gasteiger partial charge in [-0.3, -0.25) is 4.79 Å². The summed E-state index contributed by atoms with van der Waals surface area (Å²) in [7, 11) is 0. The molecule has 4 aliphatic carbocycles. The summed E-state index contributed by atoms with van der Waals surface area (Å²) in [6, 6.07) is 0. The molecule has 32 heavy (non-hydrogen) atoms. The lowest BCUT2D eigenvalue weighted by atomic mass is 9.42.